The Labute approximate surface area is 104 Å². The first-order chi connectivity index (χ1) is 7.95. The van der Waals surface area contributed by atoms with E-state index < -0.39 is 5.41 Å². The van der Waals surface area contributed by atoms with Crippen molar-refractivity contribution >= 4 is 17.3 Å². The minimum Gasteiger partial charge on any atom is -0.300 e. The molecule has 0 bridgehead atoms. The van der Waals surface area contributed by atoms with Crippen LogP contribution in [-0.2, 0) is 14.4 Å². The number of ketones is 3. The van der Waals surface area contributed by atoms with Crippen molar-refractivity contribution in [3.8, 4) is 0 Å². The lowest BCUT2D eigenvalue weighted by Crippen LogP contribution is -2.35. The third kappa shape index (κ3) is 4.41. The summed E-state index contributed by atoms with van der Waals surface area (Å²) >= 11 is 0. The number of Topliss-reactive ketones (excluding diaryl/α,β-unsaturated/α-hetero) is 3. The number of rotatable bonds is 9. The maximum atomic E-state index is 12.1. The molecule has 0 N–H and O–H groups in total. The minimum absolute atomic E-state index is 0.0450. The first-order valence-corrected chi connectivity index (χ1v) is 6.52. The Morgan fingerprint density at radius 1 is 0.765 bits per heavy atom. The molecule has 0 saturated heterocycles. The maximum absolute atomic E-state index is 12.1. The molecule has 0 aromatic rings. The smallest absolute Gasteiger partial charge is 0.139 e. The number of hydrogen-bond donors (Lipinski definition) is 0. The fourth-order valence-corrected chi connectivity index (χ4v) is 2.09. The largest absolute Gasteiger partial charge is 0.300 e. The third-order valence-electron chi connectivity index (χ3n) is 3.45. The topological polar surface area (TPSA) is 51.2 Å². The molecule has 0 radical (unpaired) electrons. The van der Waals surface area contributed by atoms with E-state index in [-0.39, 0.29) is 30.2 Å². The molecule has 0 amide bonds. The van der Waals surface area contributed by atoms with E-state index in [9.17, 15) is 14.4 Å². The molecule has 0 fully saturated rings. The lowest BCUT2D eigenvalue weighted by Gasteiger charge is -2.29. The van der Waals surface area contributed by atoms with Crippen LogP contribution in [0.3, 0.4) is 0 Å². The Hall–Kier alpha value is -0.990. The van der Waals surface area contributed by atoms with Gasteiger partial charge < -0.3 is 0 Å². The Morgan fingerprint density at radius 3 is 1.41 bits per heavy atom. The van der Waals surface area contributed by atoms with Gasteiger partial charge in [-0.15, -0.1) is 0 Å². The summed E-state index contributed by atoms with van der Waals surface area (Å²) in [6, 6.07) is 0. The molecule has 0 saturated carbocycles. The van der Waals surface area contributed by atoms with Crippen LogP contribution in [0.2, 0.25) is 0 Å². The summed E-state index contributed by atoms with van der Waals surface area (Å²) in [4.78, 5) is 35.3. The van der Waals surface area contributed by atoms with Crippen molar-refractivity contribution in [2.24, 2.45) is 5.41 Å². The molecule has 3 heteroatoms. The molecule has 0 atom stereocenters. The fourth-order valence-electron chi connectivity index (χ4n) is 2.09. The van der Waals surface area contributed by atoms with Gasteiger partial charge in [0.2, 0.25) is 0 Å². The number of carbonyl (C=O) groups is 3. The van der Waals surface area contributed by atoms with Gasteiger partial charge in [-0.25, -0.2) is 0 Å². The molecule has 0 aromatic carbocycles. The third-order valence-corrected chi connectivity index (χ3v) is 3.45. The molecule has 3 nitrogen and oxygen atoms in total. The van der Waals surface area contributed by atoms with E-state index in [2.05, 4.69) is 0 Å². The van der Waals surface area contributed by atoms with Crippen molar-refractivity contribution < 1.29 is 14.4 Å². The second kappa shape index (κ2) is 7.36. The second-order valence-electron chi connectivity index (χ2n) is 4.55. The zero-order valence-corrected chi connectivity index (χ0v) is 11.5. The summed E-state index contributed by atoms with van der Waals surface area (Å²) in [5.74, 6) is 0.179. The first kappa shape index (κ1) is 16.0. The summed E-state index contributed by atoms with van der Waals surface area (Å²) in [6.45, 7) is 7.26. The monoisotopic (exact) mass is 240 g/mol. The highest BCUT2D eigenvalue weighted by Crippen LogP contribution is 2.34. The van der Waals surface area contributed by atoms with Gasteiger partial charge in [-0.2, -0.15) is 0 Å². The predicted molar refractivity (Wildman–Crippen MR) is 67.9 cm³/mol. The van der Waals surface area contributed by atoms with Crippen LogP contribution in [-0.4, -0.2) is 17.3 Å². The van der Waals surface area contributed by atoms with E-state index in [0.717, 1.165) is 0 Å². The Balaban J connectivity index is 5.06. The van der Waals surface area contributed by atoms with Crippen molar-refractivity contribution in [1.29, 1.82) is 0 Å². The SMILES string of the molecule is CCC(=O)CC(CC)(CC(=O)CC)C(=O)CC. The van der Waals surface area contributed by atoms with Crippen LogP contribution in [0.4, 0.5) is 0 Å². The van der Waals surface area contributed by atoms with Gasteiger partial charge in [0.05, 0.1) is 0 Å². The molecule has 0 heterocycles. The number of carbonyl (C=O) groups excluding carboxylic acids is 3. The van der Waals surface area contributed by atoms with Gasteiger partial charge >= 0.3 is 0 Å². The highest BCUT2D eigenvalue weighted by Gasteiger charge is 2.38. The van der Waals surface area contributed by atoms with Gasteiger partial charge in [-0.3, -0.25) is 14.4 Å². The van der Waals surface area contributed by atoms with E-state index >= 15 is 0 Å². The Bertz CT molecular complexity index is 274. The summed E-state index contributed by atoms with van der Waals surface area (Å²) < 4.78 is 0. The fraction of sp³-hybridized carbons (Fsp3) is 0.786. The standard InChI is InChI=1S/C14H24O3/c1-5-11(15)9-14(8-4,13(17)7-3)10-12(16)6-2/h5-10H2,1-4H3. The normalized spacial score (nSPS) is 11.3. The van der Waals surface area contributed by atoms with Crippen molar-refractivity contribution in [1.82, 2.24) is 0 Å². The molecular formula is C14H24O3. The molecule has 0 aromatic heterocycles. The van der Waals surface area contributed by atoms with Gasteiger partial charge in [0.25, 0.3) is 0 Å². The van der Waals surface area contributed by atoms with Crippen LogP contribution in [0.25, 0.3) is 0 Å². The lowest BCUT2D eigenvalue weighted by atomic mass is 9.71. The van der Waals surface area contributed by atoms with Gasteiger partial charge in [0.1, 0.15) is 17.3 Å². The highest BCUT2D eigenvalue weighted by molar-refractivity contribution is 5.94. The average molecular weight is 240 g/mol. The molecule has 0 aliphatic heterocycles. The van der Waals surface area contributed by atoms with Gasteiger partial charge in [-0.1, -0.05) is 27.7 Å². The van der Waals surface area contributed by atoms with E-state index in [1.807, 2.05) is 6.92 Å². The molecule has 0 rings (SSSR count). The van der Waals surface area contributed by atoms with E-state index in [0.29, 0.717) is 25.7 Å². The van der Waals surface area contributed by atoms with Crippen molar-refractivity contribution in [3.05, 3.63) is 0 Å². The van der Waals surface area contributed by atoms with Crippen LogP contribution in [0.1, 0.15) is 66.2 Å². The molecule has 0 aliphatic rings. The van der Waals surface area contributed by atoms with Crippen LogP contribution in [0, 0.1) is 5.41 Å². The molecule has 0 spiro atoms. The van der Waals surface area contributed by atoms with Gasteiger partial charge in [-0.05, 0) is 6.42 Å². The summed E-state index contributed by atoms with van der Waals surface area (Å²) in [5.41, 5.74) is -0.741. The zero-order valence-electron chi connectivity index (χ0n) is 11.5. The van der Waals surface area contributed by atoms with E-state index in [1.165, 1.54) is 0 Å². The molecule has 17 heavy (non-hydrogen) atoms. The van der Waals surface area contributed by atoms with Gasteiger partial charge in [0.15, 0.2) is 0 Å². The van der Waals surface area contributed by atoms with E-state index in [4.69, 9.17) is 0 Å². The molecule has 0 unspecified atom stereocenters. The van der Waals surface area contributed by atoms with Gasteiger partial charge in [0, 0.05) is 37.5 Å². The first-order valence-electron chi connectivity index (χ1n) is 6.52. The average Bonchev–Trinajstić information content (AvgIpc) is 2.36. The van der Waals surface area contributed by atoms with Crippen molar-refractivity contribution in [3.63, 3.8) is 0 Å². The summed E-state index contributed by atoms with van der Waals surface area (Å²) in [5, 5.41) is 0. The summed E-state index contributed by atoms with van der Waals surface area (Å²) in [7, 11) is 0. The van der Waals surface area contributed by atoms with Crippen molar-refractivity contribution in [2.45, 2.75) is 66.2 Å². The van der Waals surface area contributed by atoms with Crippen LogP contribution < -0.4 is 0 Å². The van der Waals surface area contributed by atoms with E-state index in [1.54, 1.807) is 20.8 Å². The zero-order chi connectivity index (χ0) is 13.5. The van der Waals surface area contributed by atoms with Crippen LogP contribution in [0.5, 0.6) is 0 Å². The van der Waals surface area contributed by atoms with Crippen LogP contribution >= 0.6 is 0 Å². The minimum atomic E-state index is -0.741. The Morgan fingerprint density at radius 2 is 1.18 bits per heavy atom. The quantitative estimate of drug-likeness (QED) is 0.622. The maximum Gasteiger partial charge on any atom is 0.139 e. The molecular weight excluding hydrogens is 216 g/mol. The van der Waals surface area contributed by atoms with Crippen LogP contribution in [0.15, 0.2) is 0 Å². The molecule has 98 valence electrons. The lowest BCUT2D eigenvalue weighted by molar-refractivity contribution is -0.138. The highest BCUT2D eigenvalue weighted by atomic mass is 16.1. The van der Waals surface area contributed by atoms with Crippen molar-refractivity contribution in [2.75, 3.05) is 0 Å². The summed E-state index contributed by atoms with van der Waals surface area (Å²) in [6.07, 6.45) is 2.26. The molecule has 0 aliphatic carbocycles. The Kier molecular flexibility index (Phi) is 6.93. The number of hydrogen-bond acceptors (Lipinski definition) is 3. The predicted octanol–water partition coefficient (Wildman–Crippen LogP) is 3.10. The second-order valence-corrected chi connectivity index (χ2v) is 4.55.